The van der Waals surface area contributed by atoms with Gasteiger partial charge >= 0.3 is 0 Å². The number of methoxy groups -OCH3 is 1. The van der Waals surface area contributed by atoms with Gasteiger partial charge in [0.1, 0.15) is 11.8 Å². The number of nitrogens with zero attached hydrogens (tertiary/aromatic N) is 3. The van der Waals surface area contributed by atoms with Gasteiger partial charge in [0.05, 0.1) is 12.7 Å². The van der Waals surface area contributed by atoms with Gasteiger partial charge in [-0.15, -0.1) is 10.2 Å². The highest BCUT2D eigenvalue weighted by Crippen LogP contribution is 2.33. The van der Waals surface area contributed by atoms with Gasteiger partial charge in [0.25, 0.3) is 5.91 Å². The highest BCUT2D eigenvalue weighted by atomic mass is 35.5. The highest BCUT2D eigenvalue weighted by Gasteiger charge is 2.32. The van der Waals surface area contributed by atoms with Crippen molar-refractivity contribution >= 4 is 17.5 Å². The molecule has 1 unspecified atom stereocenters. The molecule has 6 nitrogen and oxygen atoms in total. The third kappa shape index (κ3) is 3.38. The van der Waals surface area contributed by atoms with Crippen LogP contribution in [0.5, 0.6) is 5.75 Å². The Hall–Kier alpha value is -2.08. The summed E-state index contributed by atoms with van der Waals surface area (Å²) >= 11 is 6.00. The van der Waals surface area contributed by atoms with E-state index in [0.717, 1.165) is 25.7 Å². The van der Waals surface area contributed by atoms with Gasteiger partial charge in [-0.25, -0.2) is 0 Å². The van der Waals surface area contributed by atoms with Crippen LogP contribution in [0.4, 0.5) is 0 Å². The van der Waals surface area contributed by atoms with Gasteiger partial charge in [0.2, 0.25) is 11.8 Å². The summed E-state index contributed by atoms with van der Waals surface area (Å²) in [7, 11) is 1.53. The lowest BCUT2D eigenvalue weighted by Crippen LogP contribution is -2.35. The molecule has 1 aromatic heterocycles. The molecule has 1 fully saturated rings. The summed E-state index contributed by atoms with van der Waals surface area (Å²) in [5.74, 6) is 1.37. The Balaban J connectivity index is 1.95. The van der Waals surface area contributed by atoms with E-state index in [1.54, 1.807) is 25.1 Å². The van der Waals surface area contributed by atoms with Crippen LogP contribution in [0.1, 0.15) is 53.9 Å². The van der Waals surface area contributed by atoms with E-state index in [-0.39, 0.29) is 11.9 Å². The molecular formula is C17H20ClN3O3. The van der Waals surface area contributed by atoms with E-state index in [1.165, 1.54) is 7.11 Å². The lowest BCUT2D eigenvalue weighted by atomic mass is 10.1. The van der Waals surface area contributed by atoms with Crippen molar-refractivity contribution in [2.24, 2.45) is 0 Å². The van der Waals surface area contributed by atoms with Gasteiger partial charge in [-0.3, -0.25) is 4.79 Å². The van der Waals surface area contributed by atoms with E-state index in [1.807, 2.05) is 4.90 Å². The maximum absolute atomic E-state index is 13.1. The second-order valence-electron chi connectivity index (χ2n) is 5.87. The van der Waals surface area contributed by atoms with Crippen molar-refractivity contribution in [2.45, 2.75) is 38.6 Å². The van der Waals surface area contributed by atoms with E-state index in [9.17, 15) is 4.79 Å². The maximum atomic E-state index is 13.1. The Morgan fingerprint density at radius 3 is 2.88 bits per heavy atom. The van der Waals surface area contributed by atoms with Gasteiger partial charge < -0.3 is 14.1 Å². The smallest absolute Gasteiger partial charge is 0.258 e. The lowest BCUT2D eigenvalue weighted by molar-refractivity contribution is 0.0647. The maximum Gasteiger partial charge on any atom is 0.258 e. The van der Waals surface area contributed by atoms with Gasteiger partial charge in [0.15, 0.2) is 0 Å². The fourth-order valence-electron chi connectivity index (χ4n) is 3.05. The highest BCUT2D eigenvalue weighted by molar-refractivity contribution is 6.30. The zero-order chi connectivity index (χ0) is 17.1. The van der Waals surface area contributed by atoms with Crippen molar-refractivity contribution in [3.05, 3.63) is 40.6 Å². The number of likely N-dealkylation sites (tertiary alicyclic amines) is 1. The average molecular weight is 350 g/mol. The summed E-state index contributed by atoms with van der Waals surface area (Å²) in [6.45, 7) is 2.40. The van der Waals surface area contributed by atoms with Crippen molar-refractivity contribution in [3.63, 3.8) is 0 Å². The topological polar surface area (TPSA) is 68.5 Å². The zero-order valence-electron chi connectivity index (χ0n) is 13.8. The number of rotatable bonds is 3. The van der Waals surface area contributed by atoms with Gasteiger partial charge in [-0.2, -0.15) is 0 Å². The Labute approximate surface area is 145 Å². The van der Waals surface area contributed by atoms with Gasteiger partial charge in [0, 0.05) is 18.5 Å². The first-order chi connectivity index (χ1) is 11.6. The number of hydrogen-bond donors (Lipinski definition) is 0. The molecule has 7 heteroatoms. The predicted molar refractivity (Wildman–Crippen MR) is 89.3 cm³/mol. The third-order valence-electron chi connectivity index (χ3n) is 4.23. The molecule has 3 rings (SSSR count). The molecule has 0 N–H and O–H groups in total. The van der Waals surface area contributed by atoms with Crippen molar-refractivity contribution in [2.75, 3.05) is 13.7 Å². The molecule has 2 aromatic rings. The van der Waals surface area contributed by atoms with Crippen LogP contribution in [0, 0.1) is 6.92 Å². The molecule has 1 aromatic carbocycles. The molecule has 1 aliphatic heterocycles. The fourth-order valence-corrected chi connectivity index (χ4v) is 3.21. The number of hydrogen-bond acceptors (Lipinski definition) is 5. The summed E-state index contributed by atoms with van der Waals surface area (Å²) in [4.78, 5) is 15.0. The van der Waals surface area contributed by atoms with E-state index in [2.05, 4.69) is 10.2 Å². The van der Waals surface area contributed by atoms with Crippen LogP contribution in [0.3, 0.4) is 0 Å². The first-order valence-corrected chi connectivity index (χ1v) is 8.42. The molecule has 1 amide bonds. The van der Waals surface area contributed by atoms with E-state index in [0.29, 0.717) is 34.7 Å². The number of aryl methyl sites for hydroxylation is 1. The second kappa shape index (κ2) is 7.21. The van der Waals surface area contributed by atoms with E-state index in [4.69, 9.17) is 20.8 Å². The normalized spacial score (nSPS) is 18.3. The quantitative estimate of drug-likeness (QED) is 0.843. The minimum atomic E-state index is -0.207. The fraction of sp³-hybridized carbons (Fsp3) is 0.471. The molecule has 1 aliphatic rings. The first kappa shape index (κ1) is 16.8. The number of carbonyl (C=O) groups excluding carboxylic acids is 1. The van der Waals surface area contributed by atoms with Crippen molar-refractivity contribution in [3.8, 4) is 5.75 Å². The van der Waals surface area contributed by atoms with Crippen LogP contribution >= 0.6 is 11.6 Å². The largest absolute Gasteiger partial charge is 0.496 e. The number of benzene rings is 1. The van der Waals surface area contributed by atoms with Crippen LogP contribution < -0.4 is 4.74 Å². The molecule has 24 heavy (non-hydrogen) atoms. The Bertz CT molecular complexity index is 732. The standard InChI is InChI=1S/C17H20ClN3O3/c1-11-19-20-16(24-11)14-6-4-3-5-9-21(14)17(22)13-8-7-12(18)10-15(13)23-2/h7-8,10,14H,3-6,9H2,1-2H3. The van der Waals surface area contributed by atoms with Crippen LogP contribution in [-0.2, 0) is 0 Å². The molecule has 0 radical (unpaired) electrons. The zero-order valence-corrected chi connectivity index (χ0v) is 14.5. The molecule has 0 bridgehead atoms. The SMILES string of the molecule is COc1cc(Cl)ccc1C(=O)N1CCCCCC1c1nnc(C)o1. The lowest BCUT2D eigenvalue weighted by Gasteiger charge is -2.28. The summed E-state index contributed by atoms with van der Waals surface area (Å²) in [5, 5.41) is 8.57. The number of aromatic nitrogens is 2. The molecule has 0 spiro atoms. The van der Waals surface area contributed by atoms with Gasteiger partial charge in [-0.05, 0) is 31.0 Å². The molecule has 1 atom stereocenters. The Morgan fingerprint density at radius 1 is 1.33 bits per heavy atom. The number of carbonyl (C=O) groups is 1. The Kier molecular flexibility index (Phi) is 5.04. The third-order valence-corrected chi connectivity index (χ3v) is 4.47. The number of ether oxygens (including phenoxy) is 1. The number of amides is 1. The van der Waals surface area contributed by atoms with Crippen molar-refractivity contribution in [1.29, 1.82) is 0 Å². The Morgan fingerprint density at radius 2 is 2.17 bits per heavy atom. The summed E-state index contributed by atoms with van der Waals surface area (Å²) < 4.78 is 10.9. The van der Waals surface area contributed by atoms with Crippen LogP contribution in [0.2, 0.25) is 5.02 Å². The van der Waals surface area contributed by atoms with E-state index < -0.39 is 0 Å². The van der Waals surface area contributed by atoms with Crippen LogP contribution in [-0.4, -0.2) is 34.7 Å². The molecule has 2 heterocycles. The minimum absolute atomic E-state index is 0.105. The summed E-state index contributed by atoms with van der Waals surface area (Å²) in [5.41, 5.74) is 0.491. The second-order valence-corrected chi connectivity index (χ2v) is 6.30. The molecule has 128 valence electrons. The van der Waals surface area contributed by atoms with Crippen LogP contribution in [0.15, 0.2) is 22.6 Å². The summed E-state index contributed by atoms with van der Waals surface area (Å²) in [6, 6.07) is 4.84. The molecule has 0 saturated carbocycles. The molecule has 1 saturated heterocycles. The molecular weight excluding hydrogens is 330 g/mol. The van der Waals surface area contributed by atoms with Gasteiger partial charge in [-0.1, -0.05) is 24.4 Å². The van der Waals surface area contributed by atoms with Crippen molar-refractivity contribution in [1.82, 2.24) is 15.1 Å². The van der Waals surface area contributed by atoms with Crippen LogP contribution in [0.25, 0.3) is 0 Å². The summed E-state index contributed by atoms with van der Waals surface area (Å²) in [6.07, 6.45) is 3.85. The van der Waals surface area contributed by atoms with E-state index >= 15 is 0 Å². The van der Waals surface area contributed by atoms with Crippen molar-refractivity contribution < 1.29 is 13.9 Å². The monoisotopic (exact) mass is 349 g/mol. The minimum Gasteiger partial charge on any atom is -0.496 e. The first-order valence-electron chi connectivity index (χ1n) is 8.04. The molecule has 0 aliphatic carbocycles. The number of halogens is 1. The average Bonchev–Trinajstić information content (AvgIpc) is 2.86. The predicted octanol–water partition coefficient (Wildman–Crippen LogP) is 3.80.